The number of hydrogen-bond donors (Lipinski definition) is 0. The number of hydrogen-bond acceptors (Lipinski definition) is 2. The van der Waals surface area contributed by atoms with Crippen LogP contribution in [-0.2, 0) is 22.0 Å². The van der Waals surface area contributed by atoms with Crippen LogP contribution in [0.25, 0.3) is 0 Å². The van der Waals surface area contributed by atoms with Crippen LogP contribution in [0.2, 0.25) is 0 Å². The maximum absolute atomic E-state index is 12.8. The fourth-order valence-corrected chi connectivity index (χ4v) is 3.30. The summed E-state index contributed by atoms with van der Waals surface area (Å²) in [6, 6.07) is 11.9. The third-order valence-corrected chi connectivity index (χ3v) is 4.45. The predicted molar refractivity (Wildman–Crippen MR) is 81.9 cm³/mol. The van der Waals surface area contributed by atoms with Crippen molar-refractivity contribution in [1.29, 1.82) is 0 Å². The van der Waals surface area contributed by atoms with Crippen LogP contribution in [0.3, 0.4) is 0 Å². The minimum atomic E-state index is -3.03. The maximum atomic E-state index is 12.8. The topological polar surface area (TPSA) is 34.1 Å². The third kappa shape index (κ3) is 4.42. The van der Waals surface area contributed by atoms with E-state index in [9.17, 15) is 12.8 Å². The fraction of sp³-hybridized carbons (Fsp3) is 0.200. The van der Waals surface area contributed by atoms with Gasteiger partial charge in [0.05, 0.1) is 5.75 Å². The number of benzene rings is 2. The van der Waals surface area contributed by atoms with E-state index in [2.05, 4.69) is 15.9 Å². The molecule has 106 valence electrons. The van der Waals surface area contributed by atoms with Gasteiger partial charge in [0.25, 0.3) is 0 Å². The molecule has 0 spiro atoms. The van der Waals surface area contributed by atoms with Crippen LogP contribution >= 0.6 is 15.9 Å². The summed E-state index contributed by atoms with van der Waals surface area (Å²) in [5.41, 5.74) is 2.79. The Kier molecular flexibility index (Phi) is 4.60. The molecule has 0 saturated carbocycles. The number of sulfone groups is 1. The highest BCUT2D eigenvalue weighted by Crippen LogP contribution is 2.22. The molecule has 0 radical (unpaired) electrons. The standard InChI is InChI=1S/C15H14BrFO2S/c1-20(18,19)10-12-2-5-13(15(16)9-12)8-11-3-6-14(17)7-4-11/h2-7,9H,8,10H2,1H3. The van der Waals surface area contributed by atoms with Crippen LogP contribution in [-0.4, -0.2) is 14.7 Å². The second kappa shape index (κ2) is 6.06. The van der Waals surface area contributed by atoms with Gasteiger partial charge in [-0.15, -0.1) is 0 Å². The van der Waals surface area contributed by atoms with Gasteiger partial charge in [0.1, 0.15) is 5.82 Å². The summed E-state index contributed by atoms with van der Waals surface area (Å²) >= 11 is 3.46. The molecule has 0 fully saturated rings. The molecule has 2 aromatic carbocycles. The van der Waals surface area contributed by atoms with Crippen molar-refractivity contribution in [1.82, 2.24) is 0 Å². The number of rotatable bonds is 4. The Bertz CT molecular complexity index is 709. The summed E-state index contributed by atoms with van der Waals surface area (Å²) in [7, 11) is -3.03. The molecule has 5 heteroatoms. The van der Waals surface area contributed by atoms with Crippen molar-refractivity contribution in [3.8, 4) is 0 Å². The monoisotopic (exact) mass is 356 g/mol. The molecule has 0 amide bonds. The maximum Gasteiger partial charge on any atom is 0.151 e. The molecule has 20 heavy (non-hydrogen) atoms. The van der Waals surface area contributed by atoms with Crippen LogP contribution in [0, 0.1) is 5.82 Å². The van der Waals surface area contributed by atoms with Crippen LogP contribution in [0.15, 0.2) is 46.9 Å². The highest BCUT2D eigenvalue weighted by molar-refractivity contribution is 9.10. The molecule has 2 aromatic rings. The summed E-state index contributed by atoms with van der Waals surface area (Å²) in [6.45, 7) is 0. The highest BCUT2D eigenvalue weighted by atomic mass is 79.9. The van der Waals surface area contributed by atoms with E-state index in [0.717, 1.165) is 21.2 Å². The first kappa shape index (κ1) is 15.2. The molecule has 2 nitrogen and oxygen atoms in total. The smallest absolute Gasteiger partial charge is 0.151 e. The van der Waals surface area contributed by atoms with Crippen LogP contribution in [0.4, 0.5) is 4.39 Å². The van der Waals surface area contributed by atoms with E-state index >= 15 is 0 Å². The number of halogens is 2. The van der Waals surface area contributed by atoms with Crippen molar-refractivity contribution in [2.45, 2.75) is 12.2 Å². The normalized spacial score (nSPS) is 11.6. The quantitative estimate of drug-likeness (QED) is 0.836. The van der Waals surface area contributed by atoms with Crippen LogP contribution < -0.4 is 0 Å². The summed E-state index contributed by atoms with van der Waals surface area (Å²) in [4.78, 5) is 0. The first-order chi connectivity index (χ1) is 9.33. The van der Waals surface area contributed by atoms with Crippen molar-refractivity contribution in [3.63, 3.8) is 0 Å². The van der Waals surface area contributed by atoms with Gasteiger partial charge in [-0.25, -0.2) is 12.8 Å². The van der Waals surface area contributed by atoms with Crippen LogP contribution in [0.1, 0.15) is 16.7 Å². The Morgan fingerprint density at radius 2 is 1.65 bits per heavy atom. The minimum Gasteiger partial charge on any atom is -0.229 e. The molecular weight excluding hydrogens is 343 g/mol. The Morgan fingerprint density at radius 3 is 2.20 bits per heavy atom. The zero-order valence-corrected chi connectivity index (χ0v) is 13.3. The summed E-state index contributed by atoms with van der Waals surface area (Å²) < 4.78 is 36.3. The lowest BCUT2D eigenvalue weighted by molar-refractivity contribution is 0.601. The summed E-state index contributed by atoms with van der Waals surface area (Å²) in [5.74, 6) is -0.223. The lowest BCUT2D eigenvalue weighted by Gasteiger charge is -2.07. The van der Waals surface area contributed by atoms with E-state index < -0.39 is 9.84 Å². The average molecular weight is 357 g/mol. The van der Waals surface area contributed by atoms with Crippen molar-refractivity contribution >= 4 is 25.8 Å². The summed E-state index contributed by atoms with van der Waals surface area (Å²) in [5, 5.41) is 0. The van der Waals surface area contributed by atoms with E-state index in [-0.39, 0.29) is 11.6 Å². The van der Waals surface area contributed by atoms with E-state index in [0.29, 0.717) is 6.42 Å². The molecule has 0 unspecified atom stereocenters. The Balaban J connectivity index is 2.19. The molecule has 0 aliphatic carbocycles. The van der Waals surface area contributed by atoms with Crippen molar-refractivity contribution in [3.05, 3.63) is 69.4 Å². The molecule has 0 bridgehead atoms. The second-order valence-corrected chi connectivity index (χ2v) is 7.79. The minimum absolute atomic E-state index is 0.0302. The molecule has 0 aliphatic heterocycles. The first-order valence-corrected chi connectivity index (χ1v) is 8.88. The molecule has 0 N–H and O–H groups in total. The largest absolute Gasteiger partial charge is 0.229 e. The Labute approximate surface area is 126 Å². The van der Waals surface area contributed by atoms with Crippen molar-refractivity contribution in [2.24, 2.45) is 0 Å². The van der Waals surface area contributed by atoms with Gasteiger partial charge >= 0.3 is 0 Å². The van der Waals surface area contributed by atoms with Gasteiger partial charge in [0.2, 0.25) is 0 Å². The van der Waals surface area contributed by atoms with E-state index in [1.54, 1.807) is 12.1 Å². The van der Waals surface area contributed by atoms with Crippen molar-refractivity contribution < 1.29 is 12.8 Å². The van der Waals surface area contributed by atoms with Crippen molar-refractivity contribution in [2.75, 3.05) is 6.26 Å². The van der Waals surface area contributed by atoms with Gasteiger partial charge in [-0.05, 0) is 41.3 Å². The lowest BCUT2D eigenvalue weighted by atomic mass is 10.0. The SMILES string of the molecule is CS(=O)(=O)Cc1ccc(Cc2ccc(F)cc2)c(Br)c1. The lowest BCUT2D eigenvalue weighted by Crippen LogP contribution is -2.01. The predicted octanol–water partition coefficient (Wildman–Crippen LogP) is 3.72. The zero-order valence-electron chi connectivity index (χ0n) is 10.9. The highest BCUT2D eigenvalue weighted by Gasteiger charge is 2.08. The van der Waals surface area contributed by atoms with Gasteiger partial charge in [-0.2, -0.15) is 0 Å². The molecule has 2 rings (SSSR count). The van der Waals surface area contributed by atoms with E-state index in [4.69, 9.17) is 0 Å². The first-order valence-electron chi connectivity index (χ1n) is 6.03. The van der Waals surface area contributed by atoms with Gasteiger partial charge in [-0.3, -0.25) is 0 Å². The van der Waals surface area contributed by atoms with E-state index in [1.807, 2.05) is 18.2 Å². The molecular formula is C15H14BrFO2S. The average Bonchev–Trinajstić information content (AvgIpc) is 2.33. The Hall–Kier alpha value is -1.20. The molecule has 0 saturated heterocycles. The fourth-order valence-electron chi connectivity index (χ4n) is 1.95. The molecule has 0 atom stereocenters. The second-order valence-electron chi connectivity index (χ2n) is 4.80. The van der Waals surface area contributed by atoms with Crippen LogP contribution in [0.5, 0.6) is 0 Å². The van der Waals surface area contributed by atoms with E-state index in [1.165, 1.54) is 18.4 Å². The molecule has 0 heterocycles. The Morgan fingerprint density at radius 1 is 1.05 bits per heavy atom. The molecule has 0 aliphatic rings. The summed E-state index contributed by atoms with van der Waals surface area (Å²) in [6.07, 6.45) is 1.88. The zero-order chi connectivity index (χ0) is 14.8. The third-order valence-electron chi connectivity index (χ3n) is 2.85. The van der Waals surface area contributed by atoms with Gasteiger partial charge in [0, 0.05) is 10.7 Å². The van der Waals surface area contributed by atoms with Gasteiger partial charge < -0.3 is 0 Å². The van der Waals surface area contributed by atoms with Gasteiger partial charge in [0.15, 0.2) is 9.84 Å². The van der Waals surface area contributed by atoms with Gasteiger partial charge in [-0.1, -0.05) is 40.2 Å². The molecule has 0 aromatic heterocycles.